The highest BCUT2D eigenvalue weighted by atomic mass is 16.1. The lowest BCUT2D eigenvalue weighted by molar-refractivity contribution is -0.127. The first-order valence-corrected chi connectivity index (χ1v) is 5.35. The number of carbonyl (C=O) groups excluding carboxylic acids is 1. The Bertz CT molecular complexity index is 252. The van der Waals surface area contributed by atoms with Gasteiger partial charge in [-0.2, -0.15) is 0 Å². The van der Waals surface area contributed by atoms with Crippen LogP contribution < -0.4 is 0 Å². The molecule has 3 atom stereocenters. The van der Waals surface area contributed by atoms with Crippen molar-refractivity contribution in [1.82, 2.24) is 0 Å². The molecule has 0 heterocycles. The van der Waals surface area contributed by atoms with Crippen LogP contribution in [0.15, 0.2) is 24.8 Å². The van der Waals surface area contributed by atoms with Gasteiger partial charge in [0, 0.05) is 12.3 Å². The average Bonchev–Trinajstić information content (AvgIpc) is 2.12. The van der Waals surface area contributed by atoms with Gasteiger partial charge in [0.15, 0.2) is 0 Å². The molecule has 1 saturated carbocycles. The minimum atomic E-state index is 0.212. The van der Waals surface area contributed by atoms with Crippen molar-refractivity contribution in [2.75, 3.05) is 0 Å². The number of rotatable bonds is 3. The van der Waals surface area contributed by atoms with Crippen molar-refractivity contribution < 1.29 is 4.79 Å². The lowest BCUT2D eigenvalue weighted by Crippen LogP contribution is -2.31. The highest BCUT2D eigenvalue weighted by Crippen LogP contribution is 2.36. The molecule has 0 aromatic rings. The first-order chi connectivity index (χ1) is 6.56. The summed E-state index contributed by atoms with van der Waals surface area (Å²) in [4.78, 5) is 11.7. The first kappa shape index (κ1) is 11.2. The molecule has 0 radical (unpaired) electrons. The first-order valence-electron chi connectivity index (χ1n) is 5.35. The van der Waals surface area contributed by atoms with Crippen LogP contribution in [0, 0.1) is 17.8 Å². The third kappa shape index (κ3) is 2.34. The summed E-state index contributed by atoms with van der Waals surface area (Å²) in [6, 6.07) is 0. The quantitative estimate of drug-likeness (QED) is 0.626. The molecule has 0 aromatic heterocycles. The van der Waals surface area contributed by atoms with Gasteiger partial charge in [0.25, 0.3) is 0 Å². The highest BCUT2D eigenvalue weighted by molar-refractivity contribution is 5.82. The molecule has 1 aliphatic rings. The molecular weight excluding hydrogens is 172 g/mol. The van der Waals surface area contributed by atoms with Crippen LogP contribution in [0.3, 0.4) is 0 Å². The van der Waals surface area contributed by atoms with Crippen molar-refractivity contribution in [1.29, 1.82) is 0 Å². The molecule has 1 heteroatoms. The minimum Gasteiger partial charge on any atom is -0.299 e. The zero-order chi connectivity index (χ0) is 10.7. The summed E-state index contributed by atoms with van der Waals surface area (Å²) < 4.78 is 0. The maximum atomic E-state index is 11.7. The number of hydrogen-bond acceptors (Lipinski definition) is 1. The van der Waals surface area contributed by atoms with E-state index in [2.05, 4.69) is 13.2 Å². The Hall–Kier alpha value is -0.850. The molecule has 0 bridgehead atoms. The predicted molar refractivity (Wildman–Crippen MR) is 60.0 cm³/mol. The van der Waals surface area contributed by atoms with Crippen molar-refractivity contribution in [3.8, 4) is 0 Å². The zero-order valence-corrected chi connectivity index (χ0v) is 9.25. The van der Waals surface area contributed by atoms with E-state index in [0.717, 1.165) is 18.4 Å². The van der Waals surface area contributed by atoms with E-state index in [0.29, 0.717) is 24.0 Å². The lowest BCUT2D eigenvalue weighted by Gasteiger charge is -2.33. The summed E-state index contributed by atoms with van der Waals surface area (Å²) in [5.74, 6) is 1.50. The minimum absolute atomic E-state index is 0.212. The monoisotopic (exact) mass is 192 g/mol. The summed E-state index contributed by atoms with van der Waals surface area (Å²) >= 11 is 0. The van der Waals surface area contributed by atoms with Crippen molar-refractivity contribution in [2.24, 2.45) is 17.8 Å². The molecule has 0 unspecified atom stereocenters. The van der Waals surface area contributed by atoms with Gasteiger partial charge >= 0.3 is 0 Å². The summed E-state index contributed by atoms with van der Waals surface area (Å²) in [7, 11) is 0. The summed E-state index contributed by atoms with van der Waals surface area (Å²) in [6.45, 7) is 11.8. The molecule has 14 heavy (non-hydrogen) atoms. The van der Waals surface area contributed by atoms with E-state index in [1.165, 1.54) is 0 Å². The largest absolute Gasteiger partial charge is 0.299 e. The lowest BCUT2D eigenvalue weighted by atomic mass is 9.71. The smallest absolute Gasteiger partial charge is 0.136 e. The maximum Gasteiger partial charge on any atom is 0.136 e. The number of carbonyl (C=O) groups is 1. The van der Waals surface area contributed by atoms with Crippen LogP contribution >= 0.6 is 0 Å². The van der Waals surface area contributed by atoms with Gasteiger partial charge in [-0.05, 0) is 31.6 Å². The van der Waals surface area contributed by atoms with Gasteiger partial charge in [-0.1, -0.05) is 25.2 Å². The van der Waals surface area contributed by atoms with Crippen LogP contribution in [0.25, 0.3) is 0 Å². The number of ketones is 1. The second-order valence-electron chi connectivity index (χ2n) is 4.52. The van der Waals surface area contributed by atoms with Gasteiger partial charge in [0.2, 0.25) is 0 Å². The van der Waals surface area contributed by atoms with E-state index < -0.39 is 0 Å². The van der Waals surface area contributed by atoms with Crippen molar-refractivity contribution in [3.05, 3.63) is 24.8 Å². The number of Topliss-reactive ketones (excluding diaryl/α,β-unsaturated/α-hetero) is 1. The molecule has 0 saturated heterocycles. The Labute approximate surface area is 86.9 Å². The zero-order valence-electron chi connectivity index (χ0n) is 9.25. The SMILES string of the molecule is C=CC[C@H]1C[C@H](C(=C)C)CC(=O)[C@H]1C. The molecule has 0 spiro atoms. The van der Waals surface area contributed by atoms with Crippen LogP contribution in [0.5, 0.6) is 0 Å². The Morgan fingerprint density at radius 3 is 2.79 bits per heavy atom. The topological polar surface area (TPSA) is 17.1 Å². The van der Waals surface area contributed by atoms with Gasteiger partial charge in [0.05, 0.1) is 0 Å². The van der Waals surface area contributed by atoms with Gasteiger partial charge in [0.1, 0.15) is 5.78 Å². The summed E-state index contributed by atoms with van der Waals surface area (Å²) in [5, 5.41) is 0. The Morgan fingerprint density at radius 2 is 2.29 bits per heavy atom. The molecule has 0 N–H and O–H groups in total. The van der Waals surface area contributed by atoms with Crippen LogP contribution in [-0.4, -0.2) is 5.78 Å². The van der Waals surface area contributed by atoms with E-state index in [1.807, 2.05) is 19.9 Å². The number of hydrogen-bond donors (Lipinski definition) is 0. The fourth-order valence-corrected chi connectivity index (χ4v) is 2.23. The third-order valence-electron chi connectivity index (χ3n) is 3.42. The Kier molecular flexibility index (Phi) is 3.68. The summed E-state index contributed by atoms with van der Waals surface area (Å²) in [6.07, 6.45) is 4.68. The van der Waals surface area contributed by atoms with E-state index in [9.17, 15) is 4.79 Å². The van der Waals surface area contributed by atoms with E-state index in [1.54, 1.807) is 0 Å². The van der Waals surface area contributed by atoms with Gasteiger partial charge < -0.3 is 0 Å². The molecule has 1 aliphatic carbocycles. The van der Waals surface area contributed by atoms with Crippen LogP contribution in [0.2, 0.25) is 0 Å². The second-order valence-corrected chi connectivity index (χ2v) is 4.52. The molecule has 0 amide bonds. The number of allylic oxidation sites excluding steroid dienone is 2. The average molecular weight is 192 g/mol. The van der Waals surface area contributed by atoms with E-state index in [-0.39, 0.29) is 5.92 Å². The Balaban J connectivity index is 2.70. The van der Waals surface area contributed by atoms with E-state index >= 15 is 0 Å². The molecule has 1 fully saturated rings. The highest BCUT2D eigenvalue weighted by Gasteiger charge is 2.32. The standard InChI is InChI=1S/C13H20O/c1-5-6-11-7-12(9(2)3)8-13(14)10(11)4/h5,10-12H,1-2,6-8H2,3-4H3/t10-,11-,12-/m0/s1. The molecule has 0 aliphatic heterocycles. The van der Waals surface area contributed by atoms with Crippen molar-refractivity contribution >= 4 is 5.78 Å². The van der Waals surface area contributed by atoms with Gasteiger partial charge in [-0.25, -0.2) is 0 Å². The predicted octanol–water partition coefficient (Wildman–Crippen LogP) is 3.37. The van der Waals surface area contributed by atoms with Crippen LogP contribution in [0.1, 0.15) is 33.1 Å². The molecule has 1 nitrogen and oxygen atoms in total. The van der Waals surface area contributed by atoms with Crippen molar-refractivity contribution in [3.63, 3.8) is 0 Å². The summed E-state index contributed by atoms with van der Waals surface area (Å²) in [5.41, 5.74) is 1.15. The Morgan fingerprint density at radius 1 is 1.64 bits per heavy atom. The molecule has 1 rings (SSSR count). The molecule has 78 valence electrons. The maximum absolute atomic E-state index is 11.7. The van der Waals surface area contributed by atoms with Gasteiger partial charge in [-0.3, -0.25) is 4.79 Å². The normalized spacial score (nSPS) is 32.7. The molecule has 0 aromatic carbocycles. The van der Waals surface area contributed by atoms with Crippen LogP contribution in [0.4, 0.5) is 0 Å². The second kappa shape index (κ2) is 4.59. The van der Waals surface area contributed by atoms with Crippen molar-refractivity contribution in [2.45, 2.75) is 33.1 Å². The fourth-order valence-electron chi connectivity index (χ4n) is 2.23. The third-order valence-corrected chi connectivity index (χ3v) is 3.42. The van der Waals surface area contributed by atoms with Gasteiger partial charge in [-0.15, -0.1) is 6.58 Å². The molecular formula is C13H20O. The van der Waals surface area contributed by atoms with Crippen LogP contribution in [-0.2, 0) is 4.79 Å². The fraction of sp³-hybridized carbons (Fsp3) is 0.615. The van der Waals surface area contributed by atoms with E-state index in [4.69, 9.17) is 0 Å².